The molecule has 0 nitrogen and oxygen atoms in total. The predicted octanol–water partition coefficient (Wildman–Crippen LogP) is 2.28. The number of unbranched alkanes of at least 4 members (excludes halogenated alkanes) is 2. The van der Waals surface area contributed by atoms with Crippen molar-refractivity contribution in [1.82, 2.24) is 0 Å². The fraction of sp³-hybridized carbons (Fsp3) is 0.750. The Labute approximate surface area is 68.5 Å². The molecule has 0 atom stereocenters. The first-order valence-corrected chi connectivity index (χ1v) is 6.32. The molecule has 0 radical (unpaired) electrons. The van der Waals surface area contributed by atoms with Crippen molar-refractivity contribution in [2.24, 2.45) is 0 Å². The first-order valence-electron chi connectivity index (χ1n) is 3.51. The van der Waals surface area contributed by atoms with E-state index in [0.717, 1.165) is 6.42 Å². The van der Waals surface area contributed by atoms with Gasteiger partial charge in [0.2, 0.25) is 0 Å². The summed E-state index contributed by atoms with van der Waals surface area (Å²) in [7, 11) is 0. The van der Waals surface area contributed by atoms with Gasteiger partial charge in [-0.1, -0.05) is 0 Å². The van der Waals surface area contributed by atoms with E-state index in [0.29, 0.717) is 0 Å². The van der Waals surface area contributed by atoms with Crippen LogP contribution in [0, 0.1) is 9.89 Å². The van der Waals surface area contributed by atoms with Gasteiger partial charge in [-0.05, 0) is 0 Å². The first kappa shape index (κ1) is 9.35. The molecule has 0 aliphatic carbocycles. The molecule has 0 amide bonds. The third-order valence-electron chi connectivity index (χ3n) is 0.944. The normalized spacial score (nSPS) is 8.22. The van der Waals surface area contributed by atoms with Gasteiger partial charge in [0, 0.05) is 0 Å². The zero-order valence-corrected chi connectivity index (χ0v) is 8.57. The summed E-state index contributed by atoms with van der Waals surface area (Å²) >= 11 is 0.0992. The van der Waals surface area contributed by atoms with Crippen molar-refractivity contribution < 1.29 is 0 Å². The first-order chi connectivity index (χ1) is 4.41. The van der Waals surface area contributed by atoms with Crippen molar-refractivity contribution in [2.45, 2.75) is 37.6 Å². The van der Waals surface area contributed by atoms with Crippen LogP contribution in [0.1, 0.15) is 33.1 Å². The maximum atomic E-state index is 3.25. The van der Waals surface area contributed by atoms with Crippen molar-refractivity contribution in [3.05, 3.63) is 0 Å². The fourth-order valence-electron chi connectivity index (χ4n) is 0.439. The number of hydrogen-bond donors (Lipinski definition) is 0. The van der Waals surface area contributed by atoms with Gasteiger partial charge in [0.1, 0.15) is 0 Å². The second-order valence-corrected chi connectivity index (χ2v) is 4.87. The summed E-state index contributed by atoms with van der Waals surface area (Å²) in [5, 5.41) is 0. The molecular formula is C8H14Te. The summed E-state index contributed by atoms with van der Waals surface area (Å²) in [6.07, 6.45) is 3.69. The van der Waals surface area contributed by atoms with Crippen molar-refractivity contribution in [1.29, 1.82) is 0 Å². The number of rotatable bonds is 3. The molecule has 0 aromatic rings. The van der Waals surface area contributed by atoms with Crippen molar-refractivity contribution in [2.75, 3.05) is 0 Å². The molecule has 0 fully saturated rings. The molecule has 0 N–H and O–H groups in total. The Bertz CT molecular complexity index is 96.9. The second-order valence-electron chi connectivity index (χ2n) is 1.82. The molecule has 0 bridgehead atoms. The molecule has 0 rings (SSSR count). The van der Waals surface area contributed by atoms with E-state index in [2.05, 4.69) is 23.7 Å². The molecule has 0 saturated carbocycles. The minimum absolute atomic E-state index is 0.0992. The third kappa shape index (κ3) is 8.35. The van der Waals surface area contributed by atoms with Gasteiger partial charge in [-0.15, -0.1) is 0 Å². The van der Waals surface area contributed by atoms with Crippen LogP contribution < -0.4 is 0 Å². The topological polar surface area (TPSA) is 0 Å². The SMILES string of the molecule is CCCCC#C[Te]CC. The Morgan fingerprint density at radius 2 is 2.11 bits per heavy atom. The van der Waals surface area contributed by atoms with E-state index in [1.54, 1.807) is 0 Å². The van der Waals surface area contributed by atoms with Gasteiger partial charge in [0.05, 0.1) is 0 Å². The second kappa shape index (κ2) is 8.35. The van der Waals surface area contributed by atoms with Gasteiger partial charge in [-0.2, -0.15) is 0 Å². The Hall–Kier alpha value is 0.350. The molecule has 9 heavy (non-hydrogen) atoms. The molecule has 0 aliphatic rings. The van der Waals surface area contributed by atoms with Gasteiger partial charge < -0.3 is 0 Å². The van der Waals surface area contributed by atoms with Crippen LogP contribution in [0.15, 0.2) is 0 Å². The summed E-state index contributed by atoms with van der Waals surface area (Å²) < 4.78 is 4.57. The van der Waals surface area contributed by atoms with E-state index >= 15 is 0 Å². The average Bonchev–Trinajstić information content (AvgIpc) is 1.89. The molecule has 0 aromatic carbocycles. The molecule has 52 valence electrons. The Kier molecular flexibility index (Phi) is 8.67. The van der Waals surface area contributed by atoms with Gasteiger partial charge in [-0.3, -0.25) is 0 Å². The van der Waals surface area contributed by atoms with Crippen LogP contribution >= 0.6 is 0 Å². The molecule has 0 aliphatic heterocycles. The van der Waals surface area contributed by atoms with E-state index < -0.39 is 0 Å². The van der Waals surface area contributed by atoms with Crippen molar-refractivity contribution in [3.63, 3.8) is 0 Å². The molecular weight excluding hydrogens is 224 g/mol. The summed E-state index contributed by atoms with van der Waals surface area (Å²) in [5.41, 5.74) is 0. The van der Waals surface area contributed by atoms with Gasteiger partial charge in [0.25, 0.3) is 0 Å². The van der Waals surface area contributed by atoms with E-state index in [-0.39, 0.29) is 20.9 Å². The quantitative estimate of drug-likeness (QED) is 0.402. The zero-order valence-electron chi connectivity index (χ0n) is 6.24. The molecule has 0 heterocycles. The monoisotopic (exact) mass is 240 g/mol. The predicted molar refractivity (Wildman–Crippen MR) is 43.5 cm³/mol. The van der Waals surface area contributed by atoms with E-state index in [1.807, 2.05) is 0 Å². The molecule has 0 spiro atoms. The van der Waals surface area contributed by atoms with Gasteiger partial charge >= 0.3 is 68.4 Å². The summed E-state index contributed by atoms with van der Waals surface area (Å²) in [5.74, 6) is 3.20. The van der Waals surface area contributed by atoms with Crippen molar-refractivity contribution in [3.8, 4) is 9.89 Å². The standard InChI is InChI=1S/C8H14Te/c1-3-5-6-7-8-9-4-2/h3-6H2,1-2H3. The molecule has 1 heteroatoms. The van der Waals surface area contributed by atoms with Crippen LogP contribution in [0.4, 0.5) is 0 Å². The average molecular weight is 238 g/mol. The minimum atomic E-state index is 0.0992. The zero-order chi connectivity index (χ0) is 6.95. The Morgan fingerprint density at radius 1 is 1.33 bits per heavy atom. The van der Waals surface area contributed by atoms with Crippen LogP contribution in [0.25, 0.3) is 0 Å². The molecule has 0 unspecified atom stereocenters. The van der Waals surface area contributed by atoms with Gasteiger partial charge in [0.15, 0.2) is 0 Å². The van der Waals surface area contributed by atoms with E-state index in [1.165, 1.54) is 17.3 Å². The van der Waals surface area contributed by atoms with E-state index in [9.17, 15) is 0 Å². The Balaban J connectivity index is 2.96. The van der Waals surface area contributed by atoms with Crippen LogP contribution in [0.5, 0.6) is 0 Å². The number of hydrogen-bond acceptors (Lipinski definition) is 0. The summed E-state index contributed by atoms with van der Waals surface area (Å²) in [4.78, 5) is 0. The fourth-order valence-corrected chi connectivity index (χ4v) is 1.43. The Morgan fingerprint density at radius 3 is 2.67 bits per heavy atom. The van der Waals surface area contributed by atoms with Crippen LogP contribution in [-0.4, -0.2) is 20.9 Å². The van der Waals surface area contributed by atoms with Gasteiger partial charge in [-0.25, -0.2) is 0 Å². The van der Waals surface area contributed by atoms with Crippen LogP contribution in [-0.2, 0) is 0 Å². The molecule has 0 saturated heterocycles. The maximum absolute atomic E-state index is 3.25. The third-order valence-corrected chi connectivity index (χ3v) is 2.59. The summed E-state index contributed by atoms with van der Waals surface area (Å²) in [6.45, 7) is 4.43. The summed E-state index contributed by atoms with van der Waals surface area (Å²) in [6, 6.07) is 0. The molecule has 0 aromatic heterocycles. The van der Waals surface area contributed by atoms with Crippen molar-refractivity contribution >= 4 is 20.9 Å². The van der Waals surface area contributed by atoms with Crippen LogP contribution in [0.2, 0.25) is 4.47 Å². The van der Waals surface area contributed by atoms with E-state index in [4.69, 9.17) is 0 Å². The van der Waals surface area contributed by atoms with Crippen LogP contribution in [0.3, 0.4) is 0 Å².